The molecule has 0 bridgehead atoms. The molecule has 0 saturated heterocycles. The average Bonchev–Trinajstić information content (AvgIpc) is 2.83. The number of para-hydroxylation sites is 1. The van der Waals surface area contributed by atoms with Crippen molar-refractivity contribution in [2.24, 2.45) is 0 Å². The van der Waals surface area contributed by atoms with Crippen molar-refractivity contribution in [3.63, 3.8) is 0 Å². The molecule has 0 unspecified atom stereocenters. The lowest BCUT2D eigenvalue weighted by atomic mass is 10.0. The van der Waals surface area contributed by atoms with E-state index in [4.69, 9.17) is 10.5 Å². The Balaban J connectivity index is 1.47. The maximum absolute atomic E-state index is 12.5. The number of nitrogens with one attached hydrogen (secondary N) is 2. The molecule has 3 aromatic rings. The van der Waals surface area contributed by atoms with Crippen LogP contribution in [0.1, 0.15) is 42.2 Å². The molecule has 7 nitrogen and oxygen atoms in total. The van der Waals surface area contributed by atoms with E-state index in [1.807, 2.05) is 43.3 Å². The summed E-state index contributed by atoms with van der Waals surface area (Å²) in [7, 11) is 0. The van der Waals surface area contributed by atoms with Crippen molar-refractivity contribution in [3.05, 3.63) is 89.1 Å². The molecule has 1 amide bonds. The summed E-state index contributed by atoms with van der Waals surface area (Å²) in [6.07, 6.45) is 2.04. The van der Waals surface area contributed by atoms with Crippen LogP contribution < -0.4 is 21.1 Å². The number of rotatable bonds is 12. The zero-order valence-electron chi connectivity index (χ0n) is 19.8. The summed E-state index contributed by atoms with van der Waals surface area (Å²) in [5, 5.41) is 16.7. The van der Waals surface area contributed by atoms with Crippen LogP contribution in [0.4, 0.5) is 5.82 Å². The molecule has 0 fully saturated rings. The van der Waals surface area contributed by atoms with Gasteiger partial charge in [-0.25, -0.2) is 4.98 Å². The predicted molar refractivity (Wildman–Crippen MR) is 134 cm³/mol. The lowest BCUT2D eigenvalue weighted by molar-refractivity contribution is -0.120. The van der Waals surface area contributed by atoms with Crippen molar-refractivity contribution in [2.75, 3.05) is 18.9 Å². The van der Waals surface area contributed by atoms with Crippen LogP contribution >= 0.6 is 0 Å². The molecule has 34 heavy (non-hydrogen) atoms. The molecule has 0 saturated carbocycles. The van der Waals surface area contributed by atoms with E-state index in [2.05, 4.69) is 34.7 Å². The maximum atomic E-state index is 12.5. The molecule has 0 aliphatic heterocycles. The normalized spacial score (nSPS) is 12.7. The van der Waals surface area contributed by atoms with Crippen LogP contribution in [0.2, 0.25) is 0 Å². The number of hydrogen-bond acceptors (Lipinski definition) is 6. The smallest absolute Gasteiger partial charge is 0.224 e. The van der Waals surface area contributed by atoms with Gasteiger partial charge in [-0.3, -0.25) is 4.79 Å². The van der Waals surface area contributed by atoms with Gasteiger partial charge in [0.15, 0.2) is 0 Å². The average molecular weight is 463 g/mol. The lowest BCUT2D eigenvalue weighted by Gasteiger charge is -2.18. The minimum absolute atomic E-state index is 0.0325. The van der Waals surface area contributed by atoms with E-state index in [0.717, 1.165) is 34.4 Å². The highest BCUT2D eigenvalue weighted by Crippen LogP contribution is 2.18. The minimum Gasteiger partial charge on any atom is -0.494 e. The van der Waals surface area contributed by atoms with Crippen molar-refractivity contribution < 1.29 is 14.6 Å². The van der Waals surface area contributed by atoms with Gasteiger partial charge in [-0.1, -0.05) is 48.5 Å². The van der Waals surface area contributed by atoms with Gasteiger partial charge in [-0.05, 0) is 43.5 Å². The van der Waals surface area contributed by atoms with Gasteiger partial charge in [0.2, 0.25) is 5.91 Å². The number of aliphatic hydroxyl groups excluding tert-OH is 1. The summed E-state index contributed by atoms with van der Waals surface area (Å²) < 4.78 is 5.62. The van der Waals surface area contributed by atoms with Crippen LogP contribution in [0.3, 0.4) is 0 Å². The Bertz CT molecular complexity index is 1060. The Morgan fingerprint density at radius 2 is 1.91 bits per heavy atom. The highest BCUT2D eigenvalue weighted by molar-refractivity contribution is 5.78. The van der Waals surface area contributed by atoms with Crippen LogP contribution in [-0.2, 0) is 24.2 Å². The van der Waals surface area contributed by atoms with Gasteiger partial charge in [-0.15, -0.1) is 0 Å². The van der Waals surface area contributed by atoms with Crippen LogP contribution in [-0.4, -0.2) is 35.2 Å². The molecule has 2 aromatic carbocycles. The summed E-state index contributed by atoms with van der Waals surface area (Å²) in [4.78, 5) is 16.5. The zero-order valence-corrected chi connectivity index (χ0v) is 19.8. The number of anilines is 1. The Morgan fingerprint density at radius 1 is 1.12 bits per heavy atom. The van der Waals surface area contributed by atoms with E-state index in [1.165, 1.54) is 0 Å². The molecule has 5 N–H and O–H groups in total. The van der Waals surface area contributed by atoms with Gasteiger partial charge in [0.25, 0.3) is 0 Å². The van der Waals surface area contributed by atoms with Crippen molar-refractivity contribution in [1.82, 2.24) is 15.6 Å². The highest BCUT2D eigenvalue weighted by atomic mass is 16.5. The van der Waals surface area contributed by atoms with Crippen molar-refractivity contribution in [3.8, 4) is 5.75 Å². The number of ether oxygens (including phenoxy) is 1. The number of aliphatic hydroxyl groups is 1. The number of carbonyl (C=O) groups is 1. The highest BCUT2D eigenvalue weighted by Gasteiger charge is 2.12. The van der Waals surface area contributed by atoms with E-state index in [9.17, 15) is 9.90 Å². The second kappa shape index (κ2) is 12.7. The number of aromatic nitrogens is 1. The Kier molecular flexibility index (Phi) is 9.43. The van der Waals surface area contributed by atoms with Crippen molar-refractivity contribution >= 4 is 11.7 Å². The molecule has 1 aromatic heterocycles. The molecule has 3 rings (SSSR count). The number of nitrogens with two attached hydrogens (primary N) is 1. The quantitative estimate of drug-likeness (QED) is 0.329. The Hall–Kier alpha value is -3.42. The van der Waals surface area contributed by atoms with Gasteiger partial charge < -0.3 is 26.2 Å². The summed E-state index contributed by atoms with van der Waals surface area (Å²) in [5.41, 5.74) is 9.39. The van der Waals surface area contributed by atoms with E-state index in [1.54, 1.807) is 18.3 Å². The van der Waals surface area contributed by atoms with Gasteiger partial charge in [0, 0.05) is 36.5 Å². The minimum atomic E-state index is -0.654. The number of benzene rings is 2. The second-order valence-corrected chi connectivity index (χ2v) is 8.36. The number of carbonyl (C=O) groups excluding carboxylic acids is 1. The van der Waals surface area contributed by atoms with Gasteiger partial charge >= 0.3 is 0 Å². The maximum Gasteiger partial charge on any atom is 0.224 e. The molecule has 0 aliphatic rings. The molecule has 0 radical (unpaired) electrons. The van der Waals surface area contributed by atoms with Crippen molar-refractivity contribution in [1.29, 1.82) is 0 Å². The first-order chi connectivity index (χ1) is 16.4. The number of hydrogen-bond donors (Lipinski definition) is 4. The van der Waals surface area contributed by atoms with Gasteiger partial charge in [0.05, 0.1) is 19.1 Å². The molecule has 1 heterocycles. The number of nitrogen functional groups attached to an aromatic ring is 1. The van der Waals surface area contributed by atoms with E-state index in [-0.39, 0.29) is 11.9 Å². The largest absolute Gasteiger partial charge is 0.494 e. The third-order valence-electron chi connectivity index (χ3n) is 5.50. The fraction of sp³-hybridized carbons (Fsp3) is 0.333. The van der Waals surface area contributed by atoms with Crippen LogP contribution in [0.25, 0.3) is 0 Å². The van der Waals surface area contributed by atoms with Gasteiger partial charge in [0.1, 0.15) is 11.6 Å². The number of nitrogens with zero attached hydrogens (tertiary/aromatic N) is 1. The summed E-state index contributed by atoms with van der Waals surface area (Å²) in [5.74, 6) is 1.20. The number of amides is 1. The molecule has 2 atom stereocenters. The van der Waals surface area contributed by atoms with Crippen molar-refractivity contribution in [2.45, 2.75) is 45.4 Å². The molecule has 0 aliphatic carbocycles. The fourth-order valence-corrected chi connectivity index (χ4v) is 3.72. The predicted octanol–water partition coefficient (Wildman–Crippen LogP) is 3.18. The molecule has 180 valence electrons. The number of pyridine rings is 1. The SMILES string of the molecule is CCOc1ccccc1CNC(=O)Cc1cccc(C[C@@H](C)NC[C@@H](O)c2ccc(N)nc2)c1. The fourth-order valence-electron chi connectivity index (χ4n) is 3.72. The first-order valence-corrected chi connectivity index (χ1v) is 11.6. The first-order valence-electron chi connectivity index (χ1n) is 11.6. The Labute approximate surface area is 201 Å². The van der Waals surface area contributed by atoms with Crippen LogP contribution in [0, 0.1) is 0 Å². The summed E-state index contributed by atoms with van der Waals surface area (Å²) >= 11 is 0. The monoisotopic (exact) mass is 462 g/mol. The molecule has 0 spiro atoms. The third-order valence-corrected chi connectivity index (χ3v) is 5.50. The van der Waals surface area contributed by atoms with E-state index in [0.29, 0.717) is 31.9 Å². The molecular weight excluding hydrogens is 428 g/mol. The van der Waals surface area contributed by atoms with E-state index < -0.39 is 6.10 Å². The summed E-state index contributed by atoms with van der Waals surface area (Å²) in [6.45, 7) is 5.45. The summed E-state index contributed by atoms with van der Waals surface area (Å²) in [6, 6.07) is 19.4. The standard InChI is InChI=1S/C27H34N4O3/c1-3-34-25-10-5-4-9-23(25)17-31-27(33)15-21-8-6-7-20(14-21)13-19(2)29-18-24(32)22-11-12-26(28)30-16-22/h4-12,14,16,19,24,29,32H,3,13,15,17-18H2,1-2H3,(H2,28,30)(H,31,33)/t19-,24-/m1/s1. The van der Waals surface area contributed by atoms with Crippen LogP contribution in [0.15, 0.2) is 66.9 Å². The third kappa shape index (κ3) is 7.86. The molecular formula is C27H34N4O3. The van der Waals surface area contributed by atoms with Crippen LogP contribution in [0.5, 0.6) is 5.75 Å². The zero-order chi connectivity index (χ0) is 24.3. The topological polar surface area (TPSA) is 110 Å². The first kappa shape index (κ1) is 25.2. The second-order valence-electron chi connectivity index (χ2n) is 8.36. The molecule has 7 heteroatoms. The lowest BCUT2D eigenvalue weighted by Crippen LogP contribution is -2.32. The van der Waals surface area contributed by atoms with E-state index >= 15 is 0 Å². The van der Waals surface area contributed by atoms with Gasteiger partial charge in [-0.2, -0.15) is 0 Å². The Morgan fingerprint density at radius 3 is 2.68 bits per heavy atom.